The van der Waals surface area contributed by atoms with Gasteiger partial charge in [0.15, 0.2) is 0 Å². The second-order valence-corrected chi connectivity index (χ2v) is 6.85. The van der Waals surface area contributed by atoms with E-state index in [4.69, 9.17) is 0 Å². The van der Waals surface area contributed by atoms with E-state index in [1.54, 1.807) is 12.1 Å². The molecule has 1 fully saturated rings. The van der Waals surface area contributed by atoms with Crippen molar-refractivity contribution in [2.45, 2.75) is 44.9 Å². The normalized spacial score (nSPS) is 27.6. The fourth-order valence-electron chi connectivity index (χ4n) is 3.16. The molecule has 4 atom stereocenters. The molecule has 0 aromatic heterocycles. The number of carboxylic acid groups (broad SMARTS) is 1. The lowest BCUT2D eigenvalue weighted by Crippen LogP contribution is -2.51. The maximum Gasteiger partial charge on any atom is 0.308 e. The van der Waals surface area contributed by atoms with Crippen molar-refractivity contribution in [2.24, 2.45) is 5.92 Å². The Morgan fingerprint density at radius 2 is 2.14 bits per heavy atom. The van der Waals surface area contributed by atoms with Crippen LogP contribution in [0, 0.1) is 11.7 Å². The van der Waals surface area contributed by atoms with Gasteiger partial charge < -0.3 is 10.2 Å². The Kier molecular flexibility index (Phi) is 5.58. The number of aliphatic carboxylic acids is 1. The molecule has 0 bridgehead atoms. The Hall–Kier alpha value is -0.980. The molecule has 22 heavy (non-hydrogen) atoms. The summed E-state index contributed by atoms with van der Waals surface area (Å²) >= 11 is 3.11. The average molecular weight is 374 g/mol. The number of nitrogens with zero attached hydrogens (tertiary/aromatic N) is 1. The zero-order valence-electron chi connectivity index (χ0n) is 12.7. The predicted octanol–water partition coefficient (Wildman–Crippen LogP) is 3.20. The molecule has 0 spiro atoms. The molecule has 1 aliphatic heterocycles. The fourth-order valence-corrected chi connectivity index (χ4v) is 3.56. The number of rotatable bonds is 4. The molecule has 6 heteroatoms. The first-order valence-electron chi connectivity index (χ1n) is 7.42. The van der Waals surface area contributed by atoms with E-state index in [0.29, 0.717) is 23.0 Å². The molecule has 1 aromatic rings. The van der Waals surface area contributed by atoms with Crippen LogP contribution in [0.4, 0.5) is 4.39 Å². The van der Waals surface area contributed by atoms with Gasteiger partial charge in [-0.1, -0.05) is 6.07 Å². The summed E-state index contributed by atoms with van der Waals surface area (Å²) < 4.78 is 13.6. The summed E-state index contributed by atoms with van der Waals surface area (Å²) in [6.45, 7) is 4.27. The first-order valence-corrected chi connectivity index (χ1v) is 8.22. The van der Waals surface area contributed by atoms with Gasteiger partial charge in [0.2, 0.25) is 0 Å². The lowest BCUT2D eigenvalue weighted by atomic mass is 9.86. The first-order chi connectivity index (χ1) is 10.3. The fraction of sp³-hybridized carbons (Fsp3) is 0.562. The van der Waals surface area contributed by atoms with E-state index in [1.807, 2.05) is 18.7 Å². The van der Waals surface area contributed by atoms with Crippen LogP contribution in [0.1, 0.15) is 38.4 Å². The van der Waals surface area contributed by atoms with E-state index in [0.717, 1.165) is 6.42 Å². The van der Waals surface area contributed by atoms with E-state index < -0.39 is 18.0 Å². The number of aliphatic hydroxyl groups excluding tert-OH is 1. The summed E-state index contributed by atoms with van der Waals surface area (Å²) in [6, 6.07) is 4.50. The molecule has 2 N–H and O–H groups in total. The highest BCUT2D eigenvalue weighted by Gasteiger charge is 2.37. The minimum atomic E-state index is -0.789. The van der Waals surface area contributed by atoms with Crippen LogP contribution in [0.15, 0.2) is 22.7 Å². The molecular weight excluding hydrogens is 353 g/mol. The number of hydrogen-bond acceptors (Lipinski definition) is 3. The molecule has 122 valence electrons. The molecule has 1 saturated heterocycles. The molecule has 0 aliphatic carbocycles. The third-order valence-corrected chi connectivity index (χ3v) is 5.20. The van der Waals surface area contributed by atoms with Crippen molar-refractivity contribution in [3.63, 3.8) is 0 Å². The van der Waals surface area contributed by atoms with Crippen LogP contribution in [0.2, 0.25) is 0 Å². The van der Waals surface area contributed by atoms with E-state index in [1.165, 1.54) is 6.07 Å². The van der Waals surface area contributed by atoms with Gasteiger partial charge in [0.05, 0.1) is 16.5 Å². The van der Waals surface area contributed by atoms with Gasteiger partial charge in [-0.2, -0.15) is 0 Å². The summed E-state index contributed by atoms with van der Waals surface area (Å²) in [6.07, 6.45) is 0.669. The third kappa shape index (κ3) is 3.67. The number of likely N-dealkylation sites (tertiary alicyclic amines) is 1. The number of hydrogen-bond donors (Lipinski definition) is 2. The largest absolute Gasteiger partial charge is 0.481 e. The number of β-amino-alcohol motifs (C(OH)–C–C–N with tert-alkyl or cyclic N) is 1. The van der Waals surface area contributed by atoms with Crippen LogP contribution < -0.4 is 0 Å². The van der Waals surface area contributed by atoms with Gasteiger partial charge in [0.25, 0.3) is 0 Å². The molecule has 0 amide bonds. The maximum absolute atomic E-state index is 13.3. The molecule has 1 heterocycles. The molecule has 0 radical (unpaired) electrons. The molecule has 1 aliphatic rings. The van der Waals surface area contributed by atoms with Gasteiger partial charge in [-0.25, -0.2) is 4.39 Å². The van der Waals surface area contributed by atoms with Gasteiger partial charge in [0, 0.05) is 18.6 Å². The summed E-state index contributed by atoms with van der Waals surface area (Å²) in [5.41, 5.74) is 0.616. The van der Waals surface area contributed by atoms with Crippen LogP contribution in [0.3, 0.4) is 0 Å². The summed E-state index contributed by atoms with van der Waals surface area (Å²) in [5, 5.41) is 19.7. The van der Waals surface area contributed by atoms with Crippen molar-refractivity contribution in [1.82, 2.24) is 4.90 Å². The summed E-state index contributed by atoms with van der Waals surface area (Å²) in [7, 11) is 0. The second-order valence-electron chi connectivity index (χ2n) is 6.00. The lowest BCUT2D eigenvalue weighted by molar-refractivity contribution is -0.147. The number of carbonyl (C=O) groups is 1. The zero-order valence-corrected chi connectivity index (χ0v) is 14.3. The minimum absolute atomic E-state index is 0.139. The molecule has 0 saturated carbocycles. The van der Waals surface area contributed by atoms with Crippen LogP contribution in [0.25, 0.3) is 0 Å². The molecule has 4 unspecified atom stereocenters. The van der Waals surface area contributed by atoms with Gasteiger partial charge in [-0.15, -0.1) is 0 Å². The zero-order chi connectivity index (χ0) is 16.4. The Morgan fingerprint density at radius 1 is 1.45 bits per heavy atom. The Balaban J connectivity index is 2.12. The van der Waals surface area contributed by atoms with Crippen LogP contribution in [-0.2, 0) is 4.79 Å². The minimum Gasteiger partial charge on any atom is -0.481 e. The van der Waals surface area contributed by atoms with Crippen LogP contribution >= 0.6 is 15.9 Å². The van der Waals surface area contributed by atoms with Crippen molar-refractivity contribution in [3.05, 3.63) is 34.1 Å². The molecular formula is C16H21BrFNO3. The van der Waals surface area contributed by atoms with E-state index in [-0.39, 0.29) is 17.9 Å². The van der Waals surface area contributed by atoms with Crippen molar-refractivity contribution in [3.8, 4) is 0 Å². The topological polar surface area (TPSA) is 60.8 Å². The summed E-state index contributed by atoms with van der Waals surface area (Å²) in [5.74, 6) is -1.58. The highest BCUT2D eigenvalue weighted by atomic mass is 79.9. The monoisotopic (exact) mass is 373 g/mol. The number of aliphatic hydroxyl groups is 1. The van der Waals surface area contributed by atoms with Gasteiger partial charge in [-0.05, 0) is 60.3 Å². The van der Waals surface area contributed by atoms with E-state index in [2.05, 4.69) is 15.9 Å². The van der Waals surface area contributed by atoms with Crippen LogP contribution in [-0.4, -0.2) is 39.7 Å². The molecule has 1 aromatic carbocycles. The number of halogens is 2. The first kappa shape index (κ1) is 17.4. The Morgan fingerprint density at radius 3 is 2.73 bits per heavy atom. The summed E-state index contributed by atoms with van der Waals surface area (Å²) in [4.78, 5) is 13.3. The Bertz CT molecular complexity index is 554. The molecule has 2 rings (SSSR count). The van der Waals surface area contributed by atoms with Gasteiger partial charge >= 0.3 is 5.97 Å². The third-order valence-electron chi connectivity index (χ3n) is 4.60. The number of piperidine rings is 1. The predicted molar refractivity (Wildman–Crippen MR) is 85.0 cm³/mol. The van der Waals surface area contributed by atoms with Crippen molar-refractivity contribution in [2.75, 3.05) is 6.54 Å². The number of carboxylic acids is 1. The maximum atomic E-state index is 13.3. The van der Waals surface area contributed by atoms with E-state index in [9.17, 15) is 19.4 Å². The average Bonchev–Trinajstić information content (AvgIpc) is 2.45. The Labute approximate surface area is 138 Å². The highest BCUT2D eigenvalue weighted by Crippen LogP contribution is 2.30. The second kappa shape index (κ2) is 7.06. The van der Waals surface area contributed by atoms with Crippen LogP contribution in [0.5, 0.6) is 0 Å². The number of benzene rings is 1. The SMILES string of the molecule is CC1CCC(C(=O)O)C(C)N1CC(O)c1ccc(F)c(Br)c1. The molecule has 4 nitrogen and oxygen atoms in total. The lowest BCUT2D eigenvalue weighted by Gasteiger charge is -2.43. The van der Waals surface area contributed by atoms with E-state index >= 15 is 0 Å². The van der Waals surface area contributed by atoms with Crippen molar-refractivity contribution < 1.29 is 19.4 Å². The van der Waals surface area contributed by atoms with Gasteiger partial charge in [-0.3, -0.25) is 9.69 Å². The highest BCUT2D eigenvalue weighted by molar-refractivity contribution is 9.10. The van der Waals surface area contributed by atoms with Crippen molar-refractivity contribution in [1.29, 1.82) is 0 Å². The smallest absolute Gasteiger partial charge is 0.308 e. The quantitative estimate of drug-likeness (QED) is 0.850. The van der Waals surface area contributed by atoms with Crippen molar-refractivity contribution >= 4 is 21.9 Å². The standard InChI is InChI=1S/C16H21BrFNO3/c1-9-3-5-12(16(21)22)10(2)19(9)8-15(20)11-4-6-14(18)13(17)7-11/h4,6-7,9-10,12,15,20H,3,5,8H2,1-2H3,(H,21,22). The van der Waals surface area contributed by atoms with Gasteiger partial charge in [0.1, 0.15) is 5.82 Å².